The Hall–Kier alpha value is -1.46. The number of hydrogen-bond acceptors (Lipinski definition) is 4. The number of aromatic nitrogens is 3. The molecule has 0 amide bonds. The molecule has 2 aliphatic rings. The third-order valence-electron chi connectivity index (χ3n) is 5.20. The van der Waals surface area contributed by atoms with E-state index in [1.165, 1.54) is 38.2 Å². The van der Waals surface area contributed by atoms with Crippen molar-refractivity contribution < 1.29 is 0 Å². The Morgan fingerprint density at radius 2 is 1.95 bits per heavy atom. The minimum absolute atomic E-state index is 0.520. The van der Waals surface area contributed by atoms with Crippen LogP contribution in [0.5, 0.6) is 0 Å². The summed E-state index contributed by atoms with van der Waals surface area (Å²) in [7, 11) is 4.43. The van der Waals surface area contributed by atoms with Crippen molar-refractivity contribution in [3.63, 3.8) is 0 Å². The number of piperidine rings is 1. The Kier molecular flexibility index (Phi) is 3.62. The fourth-order valence-electron chi connectivity index (χ4n) is 4.09. The van der Waals surface area contributed by atoms with Gasteiger partial charge in [-0.25, -0.2) is 9.97 Å². The first-order valence-electron chi connectivity index (χ1n) is 8.42. The summed E-state index contributed by atoms with van der Waals surface area (Å²) in [5.41, 5.74) is 2.13. The molecule has 0 radical (unpaired) electrons. The summed E-state index contributed by atoms with van der Waals surface area (Å²) in [4.78, 5) is 14.5. The van der Waals surface area contributed by atoms with Gasteiger partial charge in [-0.3, -0.25) is 0 Å². The van der Waals surface area contributed by atoms with Crippen LogP contribution in [0.2, 0.25) is 0 Å². The summed E-state index contributed by atoms with van der Waals surface area (Å²) in [6, 6.07) is 4.62. The fourth-order valence-corrected chi connectivity index (χ4v) is 4.09. The molecule has 2 unspecified atom stereocenters. The Labute approximate surface area is 131 Å². The number of pyridine rings is 1. The zero-order chi connectivity index (χ0) is 15.1. The Balaban J connectivity index is 1.79. The lowest BCUT2D eigenvalue weighted by Crippen LogP contribution is -2.32. The first-order valence-corrected chi connectivity index (χ1v) is 8.42. The predicted octanol–water partition coefficient (Wildman–Crippen LogP) is 2.12. The van der Waals surface area contributed by atoms with E-state index in [1.807, 2.05) is 12.3 Å². The highest BCUT2D eigenvalue weighted by atomic mass is 15.2. The Morgan fingerprint density at radius 1 is 1.09 bits per heavy atom. The molecule has 0 bridgehead atoms. The van der Waals surface area contributed by atoms with E-state index in [-0.39, 0.29) is 0 Å². The molecule has 0 aliphatic carbocycles. The van der Waals surface area contributed by atoms with Crippen LogP contribution in [0.25, 0.3) is 11.2 Å². The maximum atomic E-state index is 5.00. The second kappa shape index (κ2) is 5.63. The molecule has 0 N–H and O–H groups in total. The summed E-state index contributed by atoms with van der Waals surface area (Å²) >= 11 is 0. The van der Waals surface area contributed by atoms with Crippen LogP contribution in [-0.4, -0.2) is 64.6 Å². The maximum Gasteiger partial charge on any atom is 0.160 e. The number of rotatable bonds is 2. The van der Waals surface area contributed by atoms with Gasteiger partial charge in [0.1, 0.15) is 11.3 Å². The molecule has 2 atom stereocenters. The summed E-state index contributed by atoms with van der Waals surface area (Å²) in [6.07, 6.45) is 5.61. The van der Waals surface area contributed by atoms with Gasteiger partial charge in [-0.05, 0) is 58.6 Å². The van der Waals surface area contributed by atoms with Crippen LogP contribution in [-0.2, 0) is 0 Å². The largest absolute Gasteiger partial charge is 0.308 e. The Bertz CT molecular complexity index is 664. The van der Waals surface area contributed by atoms with E-state index >= 15 is 0 Å². The van der Waals surface area contributed by atoms with Gasteiger partial charge in [-0.2, -0.15) is 0 Å². The zero-order valence-corrected chi connectivity index (χ0v) is 13.6. The van der Waals surface area contributed by atoms with E-state index in [0.717, 1.165) is 24.3 Å². The quantitative estimate of drug-likeness (QED) is 0.851. The molecule has 0 saturated carbocycles. The summed E-state index contributed by atoms with van der Waals surface area (Å²) < 4.78 is 2.46. The van der Waals surface area contributed by atoms with Gasteiger partial charge in [-0.15, -0.1) is 0 Å². The van der Waals surface area contributed by atoms with Gasteiger partial charge in [0, 0.05) is 25.2 Å². The maximum absolute atomic E-state index is 5.00. The lowest BCUT2D eigenvalue weighted by molar-refractivity contribution is 0.241. The minimum Gasteiger partial charge on any atom is -0.308 e. The van der Waals surface area contributed by atoms with Crippen LogP contribution < -0.4 is 0 Å². The third-order valence-corrected chi connectivity index (χ3v) is 5.20. The van der Waals surface area contributed by atoms with Crippen molar-refractivity contribution >= 4 is 11.2 Å². The molecule has 5 nitrogen and oxygen atoms in total. The molecule has 2 aromatic heterocycles. The highest BCUT2D eigenvalue weighted by Gasteiger charge is 2.30. The van der Waals surface area contributed by atoms with Crippen LogP contribution in [0, 0.1) is 0 Å². The van der Waals surface area contributed by atoms with Crippen molar-refractivity contribution in [2.45, 2.75) is 31.2 Å². The molecule has 2 aliphatic heterocycles. The summed E-state index contributed by atoms with van der Waals surface area (Å²) in [6.45, 7) is 4.60. The lowest BCUT2D eigenvalue weighted by atomic mass is 9.97. The van der Waals surface area contributed by atoms with E-state index < -0.39 is 0 Å². The van der Waals surface area contributed by atoms with Crippen LogP contribution in [0.1, 0.15) is 37.0 Å². The predicted molar refractivity (Wildman–Crippen MR) is 88.2 cm³/mol. The van der Waals surface area contributed by atoms with Gasteiger partial charge in [0.15, 0.2) is 5.65 Å². The minimum atomic E-state index is 0.520. The fraction of sp³-hybridized carbons (Fsp3) is 0.647. The molecule has 118 valence electrons. The molecule has 0 aromatic carbocycles. The van der Waals surface area contributed by atoms with Crippen LogP contribution >= 0.6 is 0 Å². The summed E-state index contributed by atoms with van der Waals surface area (Å²) in [5.74, 6) is 1.81. The van der Waals surface area contributed by atoms with Crippen LogP contribution in [0.15, 0.2) is 18.3 Å². The van der Waals surface area contributed by atoms with E-state index in [2.05, 4.69) is 39.5 Å². The number of likely N-dealkylation sites (tertiary alicyclic amines) is 2. The molecule has 2 aromatic rings. The van der Waals surface area contributed by atoms with Crippen molar-refractivity contribution in [1.82, 2.24) is 24.3 Å². The smallest absolute Gasteiger partial charge is 0.160 e. The first kappa shape index (κ1) is 14.2. The van der Waals surface area contributed by atoms with Gasteiger partial charge >= 0.3 is 0 Å². The van der Waals surface area contributed by atoms with Gasteiger partial charge in [0.2, 0.25) is 0 Å². The number of imidazole rings is 1. The van der Waals surface area contributed by atoms with E-state index in [1.54, 1.807) is 0 Å². The normalized spacial score (nSPS) is 27.7. The highest BCUT2D eigenvalue weighted by Crippen LogP contribution is 2.33. The average molecular weight is 299 g/mol. The van der Waals surface area contributed by atoms with Gasteiger partial charge in [0.05, 0.1) is 6.04 Å². The zero-order valence-electron chi connectivity index (χ0n) is 13.6. The molecule has 22 heavy (non-hydrogen) atoms. The second-order valence-electron chi connectivity index (χ2n) is 6.99. The molecule has 2 fully saturated rings. The first-order chi connectivity index (χ1) is 10.7. The van der Waals surface area contributed by atoms with Gasteiger partial charge in [-0.1, -0.05) is 0 Å². The molecule has 4 rings (SSSR count). The lowest BCUT2D eigenvalue weighted by Gasteiger charge is -2.30. The van der Waals surface area contributed by atoms with Crippen molar-refractivity contribution in [2.24, 2.45) is 0 Å². The number of hydrogen-bond donors (Lipinski definition) is 0. The summed E-state index contributed by atoms with van der Waals surface area (Å²) in [5, 5.41) is 0. The molecule has 5 heteroatoms. The molecular formula is C17H25N5. The van der Waals surface area contributed by atoms with Crippen molar-refractivity contribution in [3.05, 3.63) is 24.2 Å². The van der Waals surface area contributed by atoms with Gasteiger partial charge < -0.3 is 14.4 Å². The standard InChI is InChI=1S/C17H25N5/c1-20-9-4-5-13(11-20)16-19-15-6-3-8-18-17(15)22(16)14-7-10-21(2)12-14/h3,6,8,13-14H,4-5,7,9-12H2,1-2H3. The average Bonchev–Trinajstić information content (AvgIpc) is 3.10. The molecule has 2 saturated heterocycles. The molecular weight excluding hydrogens is 274 g/mol. The van der Waals surface area contributed by atoms with Crippen LogP contribution in [0.4, 0.5) is 0 Å². The monoisotopic (exact) mass is 299 g/mol. The second-order valence-corrected chi connectivity index (χ2v) is 6.99. The topological polar surface area (TPSA) is 37.2 Å². The van der Waals surface area contributed by atoms with E-state index in [4.69, 9.17) is 4.98 Å². The Morgan fingerprint density at radius 3 is 2.73 bits per heavy atom. The number of nitrogens with zero attached hydrogens (tertiary/aromatic N) is 5. The highest BCUT2D eigenvalue weighted by molar-refractivity contribution is 5.71. The van der Waals surface area contributed by atoms with Crippen molar-refractivity contribution in [1.29, 1.82) is 0 Å². The molecule has 0 spiro atoms. The third kappa shape index (κ3) is 2.42. The number of fused-ring (bicyclic) bond motifs is 1. The van der Waals surface area contributed by atoms with Crippen molar-refractivity contribution in [2.75, 3.05) is 40.3 Å². The number of likely N-dealkylation sites (N-methyl/N-ethyl adjacent to an activating group) is 2. The van der Waals surface area contributed by atoms with E-state index in [0.29, 0.717) is 12.0 Å². The SMILES string of the molecule is CN1CCCC(c2nc3cccnc3n2C2CCN(C)C2)C1. The van der Waals surface area contributed by atoms with Gasteiger partial charge in [0.25, 0.3) is 0 Å². The van der Waals surface area contributed by atoms with Crippen LogP contribution in [0.3, 0.4) is 0 Å². The van der Waals surface area contributed by atoms with E-state index in [9.17, 15) is 0 Å². The molecule has 4 heterocycles. The van der Waals surface area contributed by atoms with Crippen molar-refractivity contribution in [3.8, 4) is 0 Å².